The van der Waals surface area contributed by atoms with Crippen LogP contribution in [0.2, 0.25) is 5.02 Å². The molecule has 0 spiro atoms. The molecule has 0 aliphatic carbocycles. The lowest BCUT2D eigenvalue weighted by molar-refractivity contribution is 0.102. The maximum atomic E-state index is 12.3. The highest BCUT2D eigenvalue weighted by atomic mass is 127. The lowest BCUT2D eigenvalue weighted by Gasteiger charge is -2.10. The molecular weight excluding hydrogens is 440 g/mol. The zero-order chi connectivity index (χ0) is 14.0. The first-order valence-corrected chi connectivity index (χ1v) is 7.75. The fourth-order valence-electron chi connectivity index (χ4n) is 1.61. The monoisotopic (exact) mass is 449 g/mol. The smallest absolute Gasteiger partial charge is 0.256 e. The number of carbonyl (C=O) groups is 1. The third-order valence-electron chi connectivity index (χ3n) is 2.61. The molecule has 0 unspecified atom stereocenters. The van der Waals surface area contributed by atoms with E-state index in [1.165, 1.54) is 0 Å². The van der Waals surface area contributed by atoms with Gasteiger partial charge < -0.3 is 5.32 Å². The van der Waals surface area contributed by atoms with Crippen LogP contribution in [0.1, 0.15) is 15.9 Å². The summed E-state index contributed by atoms with van der Waals surface area (Å²) in [5.41, 5.74) is 2.39. The standard InChI is InChI=1S/C14H10BrClINO/c1-8-3-2-4-12(13(8)15)18-14(19)10-7-9(16)5-6-11(10)17/h2-7H,1H3,(H,18,19). The average molecular weight is 451 g/mol. The van der Waals surface area contributed by atoms with E-state index in [9.17, 15) is 4.79 Å². The molecule has 1 N–H and O–H groups in total. The summed E-state index contributed by atoms with van der Waals surface area (Å²) in [7, 11) is 0. The molecule has 19 heavy (non-hydrogen) atoms. The van der Waals surface area contributed by atoms with Crippen molar-refractivity contribution in [3.63, 3.8) is 0 Å². The third-order valence-corrected chi connectivity index (χ3v) is 4.84. The highest BCUT2D eigenvalue weighted by Gasteiger charge is 2.12. The molecule has 98 valence electrons. The van der Waals surface area contributed by atoms with Gasteiger partial charge in [-0.1, -0.05) is 23.7 Å². The molecule has 0 fully saturated rings. The van der Waals surface area contributed by atoms with Crippen molar-refractivity contribution in [3.05, 3.63) is 60.6 Å². The molecule has 2 rings (SSSR count). The quantitative estimate of drug-likeness (QED) is 0.621. The Kier molecular flexibility index (Phi) is 4.86. The fourth-order valence-corrected chi connectivity index (χ4v) is 2.72. The van der Waals surface area contributed by atoms with E-state index in [0.29, 0.717) is 10.6 Å². The predicted octanol–water partition coefficient (Wildman–Crippen LogP) is 5.27. The summed E-state index contributed by atoms with van der Waals surface area (Å²) in [5, 5.41) is 3.44. The number of benzene rings is 2. The van der Waals surface area contributed by atoms with Crippen molar-refractivity contribution in [1.29, 1.82) is 0 Å². The molecule has 0 heterocycles. The van der Waals surface area contributed by atoms with Crippen LogP contribution in [0.25, 0.3) is 0 Å². The summed E-state index contributed by atoms with van der Waals surface area (Å²) in [6.45, 7) is 1.98. The Bertz CT molecular complexity index is 645. The number of hydrogen-bond donors (Lipinski definition) is 1. The summed E-state index contributed by atoms with van der Waals surface area (Å²) in [6, 6.07) is 11.0. The molecule has 0 aliphatic rings. The Morgan fingerprint density at radius 2 is 2.05 bits per heavy atom. The van der Waals surface area contributed by atoms with Gasteiger partial charge in [-0.05, 0) is 75.3 Å². The van der Waals surface area contributed by atoms with Crippen LogP contribution in [0.15, 0.2) is 40.9 Å². The number of carbonyl (C=O) groups excluding carboxylic acids is 1. The highest BCUT2D eigenvalue weighted by molar-refractivity contribution is 14.1. The van der Waals surface area contributed by atoms with Gasteiger partial charge in [-0.3, -0.25) is 4.79 Å². The average Bonchev–Trinajstić information content (AvgIpc) is 2.38. The molecule has 0 aromatic heterocycles. The van der Waals surface area contributed by atoms with E-state index >= 15 is 0 Å². The second-order valence-corrected chi connectivity index (χ2v) is 6.41. The van der Waals surface area contributed by atoms with Crippen LogP contribution in [-0.4, -0.2) is 5.91 Å². The summed E-state index contributed by atoms with van der Waals surface area (Å²) in [6.07, 6.45) is 0. The van der Waals surface area contributed by atoms with Crippen molar-refractivity contribution < 1.29 is 4.79 Å². The van der Waals surface area contributed by atoms with Gasteiger partial charge in [-0.25, -0.2) is 0 Å². The predicted molar refractivity (Wildman–Crippen MR) is 91.0 cm³/mol. The zero-order valence-electron chi connectivity index (χ0n) is 10.0. The zero-order valence-corrected chi connectivity index (χ0v) is 14.5. The molecule has 0 saturated heterocycles. The minimum atomic E-state index is -0.168. The number of hydrogen-bond acceptors (Lipinski definition) is 1. The first-order chi connectivity index (χ1) is 8.99. The second-order valence-electron chi connectivity index (χ2n) is 4.01. The molecule has 2 aromatic rings. The van der Waals surface area contributed by atoms with Gasteiger partial charge in [-0.2, -0.15) is 0 Å². The van der Waals surface area contributed by atoms with Crippen LogP contribution in [0.5, 0.6) is 0 Å². The Hall–Kier alpha value is -0.590. The minimum absolute atomic E-state index is 0.168. The number of rotatable bonds is 2. The van der Waals surface area contributed by atoms with Crippen molar-refractivity contribution in [2.75, 3.05) is 5.32 Å². The largest absolute Gasteiger partial charge is 0.321 e. The van der Waals surface area contributed by atoms with Gasteiger partial charge in [0.15, 0.2) is 0 Å². The van der Waals surface area contributed by atoms with Crippen LogP contribution < -0.4 is 5.32 Å². The third kappa shape index (κ3) is 3.49. The number of halogens is 3. The molecular formula is C14H10BrClINO. The molecule has 0 bridgehead atoms. The van der Waals surface area contributed by atoms with Gasteiger partial charge in [0.05, 0.1) is 11.3 Å². The summed E-state index contributed by atoms with van der Waals surface area (Å²) in [4.78, 5) is 12.3. The van der Waals surface area contributed by atoms with Crippen LogP contribution in [0, 0.1) is 10.5 Å². The first-order valence-electron chi connectivity index (χ1n) is 5.50. The molecule has 2 aromatic carbocycles. The van der Waals surface area contributed by atoms with E-state index in [4.69, 9.17) is 11.6 Å². The van der Waals surface area contributed by atoms with Crippen molar-refractivity contribution >= 4 is 61.7 Å². The Morgan fingerprint density at radius 1 is 1.32 bits per heavy atom. The van der Waals surface area contributed by atoms with Gasteiger partial charge >= 0.3 is 0 Å². The van der Waals surface area contributed by atoms with Crippen LogP contribution in [0.3, 0.4) is 0 Å². The number of amides is 1. The normalized spacial score (nSPS) is 10.3. The van der Waals surface area contributed by atoms with Crippen LogP contribution >= 0.6 is 50.1 Å². The van der Waals surface area contributed by atoms with Gasteiger partial charge in [-0.15, -0.1) is 0 Å². The van der Waals surface area contributed by atoms with Gasteiger partial charge in [0.2, 0.25) is 0 Å². The SMILES string of the molecule is Cc1cccc(NC(=O)c2cc(Cl)ccc2I)c1Br. The lowest BCUT2D eigenvalue weighted by atomic mass is 10.2. The van der Waals surface area contributed by atoms with Gasteiger partial charge in [0.25, 0.3) is 5.91 Å². The van der Waals surface area contributed by atoms with Crippen molar-refractivity contribution in [2.24, 2.45) is 0 Å². The summed E-state index contributed by atoms with van der Waals surface area (Å²) < 4.78 is 1.75. The summed E-state index contributed by atoms with van der Waals surface area (Å²) >= 11 is 11.5. The molecule has 0 radical (unpaired) electrons. The van der Waals surface area contributed by atoms with Gasteiger partial charge in [0, 0.05) is 13.1 Å². The van der Waals surface area contributed by atoms with E-state index in [1.807, 2.05) is 31.2 Å². The van der Waals surface area contributed by atoms with Crippen molar-refractivity contribution in [1.82, 2.24) is 0 Å². The molecule has 1 amide bonds. The molecule has 0 saturated carbocycles. The minimum Gasteiger partial charge on any atom is -0.321 e. The Morgan fingerprint density at radius 3 is 2.79 bits per heavy atom. The number of nitrogens with one attached hydrogen (secondary N) is 1. The van der Waals surface area contributed by atoms with Crippen molar-refractivity contribution in [3.8, 4) is 0 Å². The second kappa shape index (κ2) is 6.24. The number of aryl methyl sites for hydroxylation is 1. The molecule has 0 atom stereocenters. The molecule has 2 nitrogen and oxygen atoms in total. The van der Waals surface area contributed by atoms with Crippen molar-refractivity contribution in [2.45, 2.75) is 6.92 Å². The Labute approximate surface area is 138 Å². The molecule has 0 aliphatic heterocycles. The van der Waals surface area contributed by atoms with Crippen LogP contribution in [-0.2, 0) is 0 Å². The lowest BCUT2D eigenvalue weighted by Crippen LogP contribution is -2.14. The topological polar surface area (TPSA) is 29.1 Å². The maximum Gasteiger partial charge on any atom is 0.256 e. The Balaban J connectivity index is 2.31. The maximum absolute atomic E-state index is 12.3. The van der Waals surface area contributed by atoms with E-state index in [0.717, 1.165) is 19.3 Å². The first kappa shape index (κ1) is 14.8. The van der Waals surface area contributed by atoms with Crippen LogP contribution in [0.4, 0.5) is 5.69 Å². The highest BCUT2D eigenvalue weighted by Crippen LogP contribution is 2.27. The molecule has 5 heteroatoms. The van der Waals surface area contributed by atoms with E-state index in [2.05, 4.69) is 43.8 Å². The fraction of sp³-hybridized carbons (Fsp3) is 0.0714. The van der Waals surface area contributed by atoms with E-state index in [-0.39, 0.29) is 5.91 Å². The van der Waals surface area contributed by atoms with E-state index < -0.39 is 0 Å². The summed E-state index contributed by atoms with van der Waals surface area (Å²) in [5.74, 6) is -0.168. The number of anilines is 1. The van der Waals surface area contributed by atoms with Gasteiger partial charge in [0.1, 0.15) is 0 Å². The van der Waals surface area contributed by atoms with E-state index in [1.54, 1.807) is 12.1 Å².